The van der Waals surface area contributed by atoms with E-state index in [-0.39, 0.29) is 24.5 Å². The van der Waals surface area contributed by atoms with E-state index in [9.17, 15) is 29.8 Å². The summed E-state index contributed by atoms with van der Waals surface area (Å²) in [5.74, 6) is -1.06. The topological polar surface area (TPSA) is 145 Å². The minimum absolute atomic E-state index is 0.117. The highest BCUT2D eigenvalue weighted by Crippen LogP contribution is 2.40. The number of non-ortho nitro benzene ring substituents is 2. The van der Waals surface area contributed by atoms with Gasteiger partial charge in [-0.1, -0.05) is 48.5 Å². The second kappa shape index (κ2) is 10.7. The quantitative estimate of drug-likeness (QED) is 0.143. The molecule has 0 N–H and O–H groups in total. The molecule has 2 aliphatic heterocycles. The van der Waals surface area contributed by atoms with Gasteiger partial charge >= 0.3 is 11.9 Å². The van der Waals surface area contributed by atoms with Crippen molar-refractivity contribution in [2.45, 2.75) is 12.5 Å². The Morgan fingerprint density at radius 1 is 0.595 bits per heavy atom. The summed E-state index contributed by atoms with van der Waals surface area (Å²) in [6.45, 7) is 0.235. The third kappa shape index (κ3) is 4.74. The van der Waals surface area contributed by atoms with Gasteiger partial charge in [0.25, 0.3) is 11.4 Å². The zero-order valence-corrected chi connectivity index (χ0v) is 21.9. The Balaban J connectivity index is 1.42. The Morgan fingerprint density at radius 3 is 1.40 bits per heavy atom. The minimum Gasteiger partial charge on any atom is -0.434 e. The van der Waals surface area contributed by atoms with Crippen LogP contribution in [0.15, 0.2) is 97.1 Å². The molecule has 0 amide bonds. The highest BCUT2D eigenvalue weighted by Gasteiger charge is 2.38. The summed E-state index contributed by atoms with van der Waals surface area (Å²) in [6, 6.07) is 25.7. The fraction of sp³-hybridized carbons (Fsp3) is 0.133. The Labute approximate surface area is 238 Å². The van der Waals surface area contributed by atoms with Gasteiger partial charge in [0, 0.05) is 59.9 Å². The normalized spacial score (nSPS) is 16.7. The molecule has 4 aromatic rings. The fourth-order valence-corrected chi connectivity index (χ4v) is 5.27. The van der Waals surface area contributed by atoms with Crippen molar-refractivity contribution in [2.75, 3.05) is 22.9 Å². The van der Waals surface area contributed by atoms with Crippen molar-refractivity contribution < 1.29 is 28.9 Å². The van der Waals surface area contributed by atoms with Crippen LogP contribution in [0.2, 0.25) is 0 Å². The summed E-state index contributed by atoms with van der Waals surface area (Å²) in [6.07, 6.45) is -1.80. The fourth-order valence-electron chi connectivity index (χ4n) is 5.27. The molecule has 0 fully saturated rings. The van der Waals surface area contributed by atoms with Gasteiger partial charge < -0.3 is 19.3 Å². The van der Waals surface area contributed by atoms with Gasteiger partial charge in [0.05, 0.1) is 21.0 Å². The number of benzene rings is 4. The van der Waals surface area contributed by atoms with Crippen molar-refractivity contribution in [1.82, 2.24) is 0 Å². The molecule has 0 saturated heterocycles. The van der Waals surface area contributed by atoms with Gasteiger partial charge in [-0.15, -0.1) is 0 Å². The van der Waals surface area contributed by atoms with Crippen molar-refractivity contribution in [3.05, 3.63) is 140 Å². The molecule has 12 heteroatoms. The number of anilines is 2. The van der Waals surface area contributed by atoms with Gasteiger partial charge in [-0.25, -0.2) is 9.59 Å². The summed E-state index contributed by atoms with van der Waals surface area (Å²) >= 11 is 0. The third-order valence-corrected chi connectivity index (χ3v) is 7.22. The first-order valence-corrected chi connectivity index (χ1v) is 12.9. The zero-order chi connectivity index (χ0) is 29.4. The SMILES string of the molecule is O=C1OC(N(CCN(c2cccc([N+](=O)[O-])c2)C2OC(=O)c3ccccc32)c2cccc([N+](=O)[O-])c2)c2ccccc21. The molecule has 0 spiro atoms. The summed E-state index contributed by atoms with van der Waals surface area (Å²) in [4.78, 5) is 51.1. The third-order valence-electron chi connectivity index (χ3n) is 7.22. The lowest BCUT2D eigenvalue weighted by Crippen LogP contribution is -2.39. The second-order valence-corrected chi connectivity index (χ2v) is 9.63. The van der Waals surface area contributed by atoms with Gasteiger partial charge in [-0.05, 0) is 24.3 Å². The van der Waals surface area contributed by atoms with E-state index in [4.69, 9.17) is 9.47 Å². The molecule has 0 aliphatic carbocycles. The molecular weight excluding hydrogens is 544 g/mol. The van der Waals surface area contributed by atoms with Crippen LogP contribution >= 0.6 is 0 Å². The van der Waals surface area contributed by atoms with Crippen LogP contribution in [0.1, 0.15) is 44.3 Å². The summed E-state index contributed by atoms with van der Waals surface area (Å²) < 4.78 is 11.5. The van der Waals surface area contributed by atoms with Crippen LogP contribution in [-0.4, -0.2) is 34.9 Å². The van der Waals surface area contributed by atoms with Crippen LogP contribution in [0.3, 0.4) is 0 Å². The standard InChI is InChI=1S/C30H22N4O8/c35-29-25-13-3-1-11-23(25)27(41-29)31(19-7-5-9-21(17-19)33(37)38)15-16-32(20-8-6-10-22(18-20)34(39)40)28-24-12-2-4-14-26(24)30(36)42-28/h1-14,17-18,27-28H,15-16H2. The molecule has 0 saturated carbocycles. The number of esters is 2. The average Bonchev–Trinajstić information content (AvgIpc) is 3.52. The first-order valence-electron chi connectivity index (χ1n) is 12.9. The summed E-state index contributed by atoms with van der Waals surface area (Å²) in [5, 5.41) is 23.2. The second-order valence-electron chi connectivity index (χ2n) is 9.63. The number of nitro groups is 2. The van der Waals surface area contributed by atoms with Gasteiger partial charge in [0.15, 0.2) is 0 Å². The van der Waals surface area contributed by atoms with Crippen molar-refractivity contribution >= 4 is 34.7 Å². The Kier molecular flexibility index (Phi) is 6.71. The predicted molar refractivity (Wildman–Crippen MR) is 150 cm³/mol. The molecule has 0 radical (unpaired) electrons. The number of fused-ring (bicyclic) bond motifs is 2. The molecule has 2 unspecified atom stereocenters. The molecule has 210 valence electrons. The molecule has 2 heterocycles. The number of nitro benzene ring substituents is 2. The number of hydrogen-bond acceptors (Lipinski definition) is 10. The smallest absolute Gasteiger partial charge is 0.340 e. The lowest BCUT2D eigenvalue weighted by atomic mass is 10.1. The maximum Gasteiger partial charge on any atom is 0.340 e. The van der Waals surface area contributed by atoms with Crippen molar-refractivity contribution in [2.24, 2.45) is 0 Å². The highest BCUT2D eigenvalue weighted by molar-refractivity contribution is 5.95. The molecule has 6 rings (SSSR count). The van der Waals surface area contributed by atoms with Crippen LogP contribution in [0.4, 0.5) is 22.7 Å². The molecule has 42 heavy (non-hydrogen) atoms. The lowest BCUT2D eigenvalue weighted by Gasteiger charge is -2.35. The van der Waals surface area contributed by atoms with Gasteiger partial charge in [0.1, 0.15) is 0 Å². The van der Waals surface area contributed by atoms with Gasteiger partial charge in [-0.2, -0.15) is 0 Å². The Hall–Kier alpha value is -5.78. The molecule has 0 aromatic heterocycles. The van der Waals surface area contributed by atoms with E-state index < -0.39 is 34.2 Å². The molecule has 12 nitrogen and oxygen atoms in total. The number of hydrogen-bond donors (Lipinski definition) is 0. The number of carbonyl (C=O) groups is 2. The number of nitrogens with zero attached hydrogens (tertiary/aromatic N) is 4. The lowest BCUT2D eigenvalue weighted by molar-refractivity contribution is -0.385. The van der Waals surface area contributed by atoms with Crippen molar-refractivity contribution in [3.8, 4) is 0 Å². The Bertz CT molecular complexity index is 1610. The molecular formula is C30H22N4O8. The van der Waals surface area contributed by atoms with Crippen LogP contribution in [0.5, 0.6) is 0 Å². The number of cyclic esters (lactones) is 2. The maximum absolute atomic E-state index is 12.7. The predicted octanol–water partition coefficient (Wildman–Crippen LogP) is 5.55. The first kappa shape index (κ1) is 26.4. The number of ether oxygens (including phenoxy) is 2. The van der Waals surface area contributed by atoms with E-state index in [0.717, 1.165) is 0 Å². The van der Waals surface area contributed by atoms with Gasteiger partial charge in [-0.3, -0.25) is 20.2 Å². The van der Waals surface area contributed by atoms with Gasteiger partial charge in [0.2, 0.25) is 12.5 Å². The highest BCUT2D eigenvalue weighted by atomic mass is 16.6. The molecule has 2 atom stereocenters. The summed E-state index contributed by atoms with van der Waals surface area (Å²) in [5.41, 5.74) is 2.48. The maximum atomic E-state index is 12.7. The van der Waals surface area contributed by atoms with Crippen LogP contribution in [0, 0.1) is 20.2 Å². The van der Waals surface area contributed by atoms with E-state index in [1.165, 1.54) is 36.4 Å². The number of carbonyl (C=O) groups excluding carboxylic acids is 2. The molecule has 0 bridgehead atoms. The number of rotatable bonds is 9. The summed E-state index contributed by atoms with van der Waals surface area (Å²) in [7, 11) is 0. The van der Waals surface area contributed by atoms with E-state index in [1.54, 1.807) is 70.5 Å². The average molecular weight is 567 g/mol. The van der Waals surface area contributed by atoms with E-state index in [0.29, 0.717) is 33.6 Å². The van der Waals surface area contributed by atoms with Crippen molar-refractivity contribution in [1.29, 1.82) is 0 Å². The van der Waals surface area contributed by atoms with Crippen LogP contribution in [-0.2, 0) is 9.47 Å². The van der Waals surface area contributed by atoms with E-state index >= 15 is 0 Å². The zero-order valence-electron chi connectivity index (χ0n) is 21.9. The van der Waals surface area contributed by atoms with E-state index in [1.807, 2.05) is 0 Å². The Morgan fingerprint density at radius 2 is 1.00 bits per heavy atom. The molecule has 4 aromatic carbocycles. The van der Waals surface area contributed by atoms with Crippen LogP contribution in [0.25, 0.3) is 0 Å². The van der Waals surface area contributed by atoms with Crippen LogP contribution < -0.4 is 9.80 Å². The monoisotopic (exact) mass is 566 g/mol. The first-order chi connectivity index (χ1) is 20.3. The largest absolute Gasteiger partial charge is 0.434 e. The van der Waals surface area contributed by atoms with Crippen molar-refractivity contribution in [3.63, 3.8) is 0 Å². The minimum atomic E-state index is -0.902. The molecule has 2 aliphatic rings. The van der Waals surface area contributed by atoms with E-state index in [2.05, 4.69) is 0 Å².